The second-order valence-electron chi connectivity index (χ2n) is 5.13. The molecule has 0 fully saturated rings. The molecule has 20 heavy (non-hydrogen) atoms. The van der Waals surface area contributed by atoms with Crippen LogP contribution in [-0.4, -0.2) is 17.8 Å². The van der Waals surface area contributed by atoms with Crippen LogP contribution in [0.3, 0.4) is 0 Å². The highest BCUT2D eigenvalue weighted by molar-refractivity contribution is 6.01. The minimum Gasteiger partial charge on any atom is -0.373 e. The van der Waals surface area contributed by atoms with Gasteiger partial charge in [0.2, 0.25) is 0 Å². The highest BCUT2D eigenvalue weighted by atomic mass is 16.1. The molecule has 104 valence electrons. The Morgan fingerprint density at radius 2 is 1.85 bits per heavy atom. The maximum atomic E-state index is 11.9. The maximum Gasteiger partial charge on any atom is 0.163 e. The number of benzene rings is 1. The number of hydrogen-bond donors (Lipinski definition) is 1. The molecule has 2 rings (SSSR count). The lowest BCUT2D eigenvalue weighted by Gasteiger charge is -2.14. The molecular weight excluding hydrogens is 248 g/mol. The first-order valence-corrected chi connectivity index (χ1v) is 6.71. The number of aromatic nitrogens is 1. The van der Waals surface area contributed by atoms with E-state index in [-0.39, 0.29) is 5.78 Å². The summed E-state index contributed by atoms with van der Waals surface area (Å²) in [6, 6.07) is 6.32. The fourth-order valence-corrected chi connectivity index (χ4v) is 2.42. The van der Waals surface area contributed by atoms with Gasteiger partial charge in [0, 0.05) is 18.8 Å². The van der Waals surface area contributed by atoms with Gasteiger partial charge in [-0.2, -0.15) is 0 Å². The van der Waals surface area contributed by atoms with E-state index >= 15 is 0 Å². The Balaban J connectivity index is 2.66. The summed E-state index contributed by atoms with van der Waals surface area (Å²) in [5.74, 6) is 0.674. The molecule has 3 nitrogen and oxygen atoms in total. The van der Waals surface area contributed by atoms with Crippen LogP contribution in [0.4, 0.5) is 5.82 Å². The number of carbonyl (C=O) groups excluding carboxylic acids is 1. The average molecular weight is 268 g/mol. The van der Waals surface area contributed by atoms with Crippen molar-refractivity contribution in [1.29, 1.82) is 0 Å². The van der Waals surface area contributed by atoms with Crippen LogP contribution in [0.2, 0.25) is 0 Å². The first-order chi connectivity index (χ1) is 9.45. The van der Waals surface area contributed by atoms with Gasteiger partial charge in [0.1, 0.15) is 5.82 Å². The molecule has 3 heteroatoms. The third-order valence-corrected chi connectivity index (χ3v) is 3.75. The summed E-state index contributed by atoms with van der Waals surface area (Å²) < 4.78 is 0. The fourth-order valence-electron chi connectivity index (χ4n) is 2.42. The summed E-state index contributed by atoms with van der Waals surface area (Å²) in [6.45, 7) is 7.74. The molecule has 0 saturated carbocycles. The number of rotatable bonds is 3. The lowest BCUT2D eigenvalue weighted by atomic mass is 9.95. The van der Waals surface area contributed by atoms with Crippen molar-refractivity contribution in [3.8, 4) is 11.1 Å². The number of Topliss-reactive ketones (excluding diaryl/α,β-unsaturated/α-hetero) is 1. The molecule has 0 saturated heterocycles. The lowest BCUT2D eigenvalue weighted by Crippen LogP contribution is -2.06. The Hall–Kier alpha value is -2.16. The van der Waals surface area contributed by atoms with E-state index in [0.717, 1.165) is 16.7 Å². The molecule has 1 aromatic carbocycles. The summed E-state index contributed by atoms with van der Waals surface area (Å²) in [5.41, 5.74) is 6.26. The van der Waals surface area contributed by atoms with E-state index in [4.69, 9.17) is 0 Å². The van der Waals surface area contributed by atoms with Crippen LogP contribution < -0.4 is 5.32 Å². The van der Waals surface area contributed by atoms with Crippen molar-refractivity contribution in [2.75, 3.05) is 12.4 Å². The van der Waals surface area contributed by atoms with Gasteiger partial charge in [-0.3, -0.25) is 4.79 Å². The SMILES string of the molecule is CNc1ncc(-c2ccc(C)c(C)c2)c(C)c1C(C)=O. The molecule has 0 radical (unpaired) electrons. The molecule has 0 amide bonds. The Morgan fingerprint density at radius 1 is 1.15 bits per heavy atom. The Kier molecular flexibility index (Phi) is 3.89. The Labute approximate surface area is 120 Å². The van der Waals surface area contributed by atoms with Gasteiger partial charge < -0.3 is 5.32 Å². The molecule has 1 N–H and O–H groups in total. The first kappa shape index (κ1) is 14.3. The van der Waals surface area contributed by atoms with Gasteiger partial charge in [-0.15, -0.1) is 0 Å². The molecule has 0 atom stereocenters. The second-order valence-corrected chi connectivity index (χ2v) is 5.13. The topological polar surface area (TPSA) is 42.0 Å². The van der Waals surface area contributed by atoms with Gasteiger partial charge in [0.15, 0.2) is 5.78 Å². The third kappa shape index (κ3) is 2.44. The number of ketones is 1. The van der Waals surface area contributed by atoms with Crippen LogP contribution in [0, 0.1) is 20.8 Å². The normalized spacial score (nSPS) is 10.4. The first-order valence-electron chi connectivity index (χ1n) is 6.71. The van der Waals surface area contributed by atoms with Crippen LogP contribution in [0.5, 0.6) is 0 Å². The maximum absolute atomic E-state index is 11.9. The van der Waals surface area contributed by atoms with Crippen molar-refractivity contribution in [3.05, 3.63) is 46.6 Å². The number of anilines is 1. The van der Waals surface area contributed by atoms with Crippen molar-refractivity contribution in [2.24, 2.45) is 0 Å². The van der Waals surface area contributed by atoms with Crippen molar-refractivity contribution in [1.82, 2.24) is 4.98 Å². The second kappa shape index (κ2) is 5.45. The van der Waals surface area contributed by atoms with Gasteiger partial charge in [-0.1, -0.05) is 18.2 Å². The quantitative estimate of drug-likeness (QED) is 0.858. The van der Waals surface area contributed by atoms with Gasteiger partial charge in [0.25, 0.3) is 0 Å². The highest BCUT2D eigenvalue weighted by Crippen LogP contribution is 2.29. The Morgan fingerprint density at radius 3 is 2.40 bits per heavy atom. The smallest absolute Gasteiger partial charge is 0.163 e. The number of aryl methyl sites for hydroxylation is 2. The molecular formula is C17H20N2O. The number of pyridine rings is 1. The van der Waals surface area contributed by atoms with Crippen LogP contribution in [-0.2, 0) is 0 Å². The molecule has 0 aliphatic heterocycles. The molecule has 0 aliphatic carbocycles. The van der Waals surface area contributed by atoms with Crippen LogP contribution in [0.1, 0.15) is 34.0 Å². The minimum atomic E-state index is 0.0324. The monoisotopic (exact) mass is 268 g/mol. The molecule has 0 aliphatic rings. The van der Waals surface area contributed by atoms with E-state index in [1.807, 2.05) is 13.1 Å². The summed E-state index contributed by atoms with van der Waals surface area (Å²) in [6.07, 6.45) is 1.83. The highest BCUT2D eigenvalue weighted by Gasteiger charge is 2.15. The molecule has 1 heterocycles. The standard InChI is InChI=1S/C17H20N2O/c1-10-6-7-14(8-11(10)2)15-9-19-17(18-5)16(12(15)3)13(4)20/h6-9H,1-5H3,(H,18,19). The molecule has 2 aromatic rings. The number of hydrogen-bond acceptors (Lipinski definition) is 3. The van der Waals surface area contributed by atoms with E-state index in [1.54, 1.807) is 14.0 Å². The van der Waals surface area contributed by atoms with Gasteiger partial charge in [0.05, 0.1) is 5.56 Å². The van der Waals surface area contributed by atoms with E-state index < -0.39 is 0 Å². The fraction of sp³-hybridized carbons (Fsp3) is 0.294. The molecule has 0 bridgehead atoms. The summed E-state index contributed by atoms with van der Waals surface area (Å²) in [5, 5.41) is 2.98. The summed E-state index contributed by atoms with van der Waals surface area (Å²) in [4.78, 5) is 16.2. The predicted molar refractivity (Wildman–Crippen MR) is 83.4 cm³/mol. The lowest BCUT2D eigenvalue weighted by molar-refractivity contribution is 0.101. The minimum absolute atomic E-state index is 0.0324. The van der Waals surface area contributed by atoms with Gasteiger partial charge in [-0.05, 0) is 49.9 Å². The predicted octanol–water partition coefficient (Wildman–Crippen LogP) is 3.92. The van der Waals surface area contributed by atoms with E-state index in [1.165, 1.54) is 11.1 Å². The van der Waals surface area contributed by atoms with Crippen molar-refractivity contribution in [3.63, 3.8) is 0 Å². The van der Waals surface area contributed by atoms with Crippen LogP contribution >= 0.6 is 0 Å². The van der Waals surface area contributed by atoms with Crippen molar-refractivity contribution in [2.45, 2.75) is 27.7 Å². The van der Waals surface area contributed by atoms with E-state index in [2.05, 4.69) is 42.3 Å². The van der Waals surface area contributed by atoms with Gasteiger partial charge in [-0.25, -0.2) is 4.98 Å². The zero-order valence-corrected chi connectivity index (χ0v) is 12.7. The average Bonchev–Trinajstić information content (AvgIpc) is 2.41. The van der Waals surface area contributed by atoms with Crippen molar-refractivity contribution >= 4 is 11.6 Å². The van der Waals surface area contributed by atoms with E-state index in [9.17, 15) is 4.79 Å². The molecule has 0 unspecified atom stereocenters. The zero-order chi connectivity index (χ0) is 14.9. The number of nitrogens with zero attached hydrogens (tertiary/aromatic N) is 1. The van der Waals surface area contributed by atoms with E-state index in [0.29, 0.717) is 11.4 Å². The van der Waals surface area contributed by atoms with Crippen molar-refractivity contribution < 1.29 is 4.79 Å². The molecule has 1 aromatic heterocycles. The zero-order valence-electron chi connectivity index (χ0n) is 12.7. The molecule has 0 spiro atoms. The number of carbonyl (C=O) groups is 1. The van der Waals surface area contributed by atoms with Crippen LogP contribution in [0.25, 0.3) is 11.1 Å². The van der Waals surface area contributed by atoms with Gasteiger partial charge >= 0.3 is 0 Å². The van der Waals surface area contributed by atoms with Crippen LogP contribution in [0.15, 0.2) is 24.4 Å². The third-order valence-electron chi connectivity index (χ3n) is 3.75. The summed E-state index contributed by atoms with van der Waals surface area (Å²) >= 11 is 0. The summed E-state index contributed by atoms with van der Waals surface area (Å²) in [7, 11) is 1.78. The Bertz CT molecular complexity index is 675. The number of nitrogens with one attached hydrogen (secondary N) is 1. The largest absolute Gasteiger partial charge is 0.373 e.